The third-order valence-electron chi connectivity index (χ3n) is 3.98. The highest BCUT2D eigenvalue weighted by molar-refractivity contribution is 6.31. The number of hydrogen-bond acceptors (Lipinski definition) is 5. The molecular weight excluding hydrogens is 346 g/mol. The standard InChI is InChI=1S/C20H16ClN5/c1-13-7-8-15(12-16(13)21)24-18-9-11-23-20(26-18)25-17-6-2-4-14-5-3-10-22-19(14)17/h2-12H,1H3,(H2,23,24,25,26). The van der Waals surface area contributed by atoms with Crippen LogP contribution in [-0.2, 0) is 0 Å². The molecular formula is C20H16ClN5. The van der Waals surface area contributed by atoms with E-state index in [0.717, 1.165) is 27.8 Å². The molecule has 0 radical (unpaired) electrons. The highest BCUT2D eigenvalue weighted by Gasteiger charge is 2.05. The fourth-order valence-corrected chi connectivity index (χ4v) is 2.81. The maximum Gasteiger partial charge on any atom is 0.229 e. The van der Waals surface area contributed by atoms with Crippen LogP contribution in [0.25, 0.3) is 10.9 Å². The summed E-state index contributed by atoms with van der Waals surface area (Å²) in [4.78, 5) is 13.3. The lowest BCUT2D eigenvalue weighted by atomic mass is 10.2. The van der Waals surface area contributed by atoms with Gasteiger partial charge in [0.1, 0.15) is 5.82 Å². The predicted molar refractivity (Wildman–Crippen MR) is 107 cm³/mol. The number of rotatable bonds is 4. The Hall–Kier alpha value is -3.18. The maximum absolute atomic E-state index is 6.18. The van der Waals surface area contributed by atoms with E-state index in [1.165, 1.54) is 0 Å². The van der Waals surface area contributed by atoms with Crippen molar-refractivity contribution in [3.8, 4) is 0 Å². The molecule has 0 saturated heterocycles. The van der Waals surface area contributed by atoms with Crippen LogP contribution in [0, 0.1) is 6.92 Å². The molecule has 0 bridgehead atoms. The first kappa shape index (κ1) is 16.3. The highest BCUT2D eigenvalue weighted by Crippen LogP contribution is 2.25. The topological polar surface area (TPSA) is 62.7 Å². The lowest BCUT2D eigenvalue weighted by Crippen LogP contribution is -2.01. The molecule has 0 fully saturated rings. The van der Waals surface area contributed by atoms with Crippen molar-refractivity contribution < 1.29 is 0 Å². The van der Waals surface area contributed by atoms with Gasteiger partial charge >= 0.3 is 0 Å². The molecule has 0 aliphatic carbocycles. The molecule has 26 heavy (non-hydrogen) atoms. The van der Waals surface area contributed by atoms with Crippen LogP contribution >= 0.6 is 11.6 Å². The van der Waals surface area contributed by atoms with E-state index in [0.29, 0.717) is 16.8 Å². The molecule has 0 amide bonds. The monoisotopic (exact) mass is 361 g/mol. The van der Waals surface area contributed by atoms with Gasteiger partial charge in [-0.3, -0.25) is 4.98 Å². The van der Waals surface area contributed by atoms with E-state index in [1.807, 2.05) is 55.5 Å². The van der Waals surface area contributed by atoms with Gasteiger partial charge in [0, 0.05) is 28.5 Å². The van der Waals surface area contributed by atoms with Crippen LogP contribution in [-0.4, -0.2) is 15.0 Å². The average molecular weight is 362 g/mol. The highest BCUT2D eigenvalue weighted by atomic mass is 35.5. The molecule has 2 heterocycles. The van der Waals surface area contributed by atoms with Gasteiger partial charge in [0.15, 0.2) is 0 Å². The number of nitrogens with one attached hydrogen (secondary N) is 2. The van der Waals surface area contributed by atoms with Crippen molar-refractivity contribution in [2.75, 3.05) is 10.6 Å². The second-order valence-electron chi connectivity index (χ2n) is 5.86. The lowest BCUT2D eigenvalue weighted by molar-refractivity contribution is 1.17. The summed E-state index contributed by atoms with van der Waals surface area (Å²) in [7, 11) is 0. The first-order valence-corrected chi connectivity index (χ1v) is 8.54. The Kier molecular flexibility index (Phi) is 4.37. The Bertz CT molecular complexity index is 1080. The molecule has 0 aliphatic heterocycles. The van der Waals surface area contributed by atoms with Gasteiger partial charge in [0.2, 0.25) is 5.95 Å². The number of aryl methyl sites for hydroxylation is 1. The van der Waals surface area contributed by atoms with Gasteiger partial charge < -0.3 is 10.6 Å². The zero-order chi connectivity index (χ0) is 17.9. The van der Waals surface area contributed by atoms with E-state index >= 15 is 0 Å². The Labute approximate surface area is 156 Å². The van der Waals surface area contributed by atoms with Crippen molar-refractivity contribution in [1.29, 1.82) is 0 Å². The number of para-hydroxylation sites is 1. The van der Waals surface area contributed by atoms with Crippen LogP contribution in [0.15, 0.2) is 67.0 Å². The van der Waals surface area contributed by atoms with E-state index in [9.17, 15) is 0 Å². The van der Waals surface area contributed by atoms with Gasteiger partial charge in [-0.05, 0) is 42.8 Å². The Morgan fingerprint density at radius 1 is 0.885 bits per heavy atom. The van der Waals surface area contributed by atoms with Crippen molar-refractivity contribution >= 4 is 45.6 Å². The second-order valence-corrected chi connectivity index (χ2v) is 6.27. The normalized spacial score (nSPS) is 10.7. The van der Waals surface area contributed by atoms with Gasteiger partial charge in [-0.1, -0.05) is 35.9 Å². The largest absolute Gasteiger partial charge is 0.340 e. The Balaban J connectivity index is 1.60. The number of fused-ring (bicyclic) bond motifs is 1. The summed E-state index contributed by atoms with van der Waals surface area (Å²) in [5.41, 5.74) is 3.64. The van der Waals surface area contributed by atoms with E-state index in [-0.39, 0.29) is 0 Å². The summed E-state index contributed by atoms with van der Waals surface area (Å²) in [5, 5.41) is 8.26. The van der Waals surface area contributed by atoms with Crippen LogP contribution in [0.4, 0.5) is 23.1 Å². The molecule has 0 saturated carbocycles. The molecule has 2 aromatic carbocycles. The van der Waals surface area contributed by atoms with Crippen LogP contribution < -0.4 is 10.6 Å². The summed E-state index contributed by atoms with van der Waals surface area (Å²) >= 11 is 6.18. The molecule has 0 spiro atoms. The quantitative estimate of drug-likeness (QED) is 0.504. The molecule has 2 N–H and O–H groups in total. The minimum Gasteiger partial charge on any atom is -0.340 e. The Morgan fingerprint density at radius 2 is 1.77 bits per heavy atom. The maximum atomic E-state index is 6.18. The molecule has 0 atom stereocenters. The number of benzene rings is 2. The average Bonchev–Trinajstić information content (AvgIpc) is 2.65. The molecule has 0 aliphatic rings. The third kappa shape index (κ3) is 3.43. The number of anilines is 4. The first-order valence-electron chi connectivity index (χ1n) is 8.16. The van der Waals surface area contributed by atoms with Crippen molar-refractivity contribution in [2.45, 2.75) is 6.92 Å². The molecule has 4 rings (SSSR count). The zero-order valence-corrected chi connectivity index (χ0v) is 14.8. The number of halogens is 1. The fraction of sp³-hybridized carbons (Fsp3) is 0.0500. The molecule has 5 nitrogen and oxygen atoms in total. The van der Waals surface area contributed by atoms with E-state index < -0.39 is 0 Å². The number of pyridine rings is 1. The molecule has 128 valence electrons. The Morgan fingerprint density at radius 3 is 2.65 bits per heavy atom. The lowest BCUT2D eigenvalue weighted by Gasteiger charge is -2.10. The predicted octanol–water partition coefficient (Wildman–Crippen LogP) is 5.47. The summed E-state index contributed by atoms with van der Waals surface area (Å²) in [5.74, 6) is 1.17. The molecule has 0 unspecified atom stereocenters. The van der Waals surface area contributed by atoms with Crippen molar-refractivity contribution in [1.82, 2.24) is 15.0 Å². The molecule has 6 heteroatoms. The summed E-state index contributed by atoms with van der Waals surface area (Å²) in [6, 6.07) is 17.5. The van der Waals surface area contributed by atoms with E-state index in [1.54, 1.807) is 18.5 Å². The van der Waals surface area contributed by atoms with Gasteiger partial charge in [-0.25, -0.2) is 4.98 Å². The third-order valence-corrected chi connectivity index (χ3v) is 4.39. The van der Waals surface area contributed by atoms with Gasteiger partial charge in [0.05, 0.1) is 11.2 Å². The van der Waals surface area contributed by atoms with Crippen molar-refractivity contribution in [2.24, 2.45) is 0 Å². The number of hydrogen-bond donors (Lipinski definition) is 2. The zero-order valence-electron chi connectivity index (χ0n) is 14.1. The minimum atomic E-state index is 0.492. The van der Waals surface area contributed by atoms with Crippen LogP contribution in [0.3, 0.4) is 0 Å². The molecule has 4 aromatic rings. The summed E-state index contributed by atoms with van der Waals surface area (Å²) in [6.45, 7) is 1.97. The van der Waals surface area contributed by atoms with Crippen molar-refractivity contribution in [3.63, 3.8) is 0 Å². The van der Waals surface area contributed by atoms with Crippen LogP contribution in [0.5, 0.6) is 0 Å². The van der Waals surface area contributed by atoms with Crippen LogP contribution in [0.2, 0.25) is 5.02 Å². The smallest absolute Gasteiger partial charge is 0.229 e. The summed E-state index contributed by atoms with van der Waals surface area (Å²) < 4.78 is 0. The van der Waals surface area contributed by atoms with E-state index in [4.69, 9.17) is 11.6 Å². The van der Waals surface area contributed by atoms with Crippen molar-refractivity contribution in [3.05, 3.63) is 77.6 Å². The van der Waals surface area contributed by atoms with Gasteiger partial charge in [0.25, 0.3) is 0 Å². The van der Waals surface area contributed by atoms with Gasteiger partial charge in [-0.15, -0.1) is 0 Å². The van der Waals surface area contributed by atoms with E-state index in [2.05, 4.69) is 25.6 Å². The number of aromatic nitrogens is 3. The molecule has 2 aromatic heterocycles. The first-order chi connectivity index (χ1) is 12.7. The summed E-state index contributed by atoms with van der Waals surface area (Å²) in [6.07, 6.45) is 3.47. The minimum absolute atomic E-state index is 0.492. The van der Waals surface area contributed by atoms with Gasteiger partial charge in [-0.2, -0.15) is 4.98 Å². The second kappa shape index (κ2) is 6.98. The number of nitrogens with zero attached hydrogens (tertiary/aromatic N) is 3. The SMILES string of the molecule is Cc1ccc(Nc2ccnc(Nc3cccc4cccnc34)n2)cc1Cl. The fourth-order valence-electron chi connectivity index (χ4n) is 2.63. The van der Waals surface area contributed by atoms with Crippen LogP contribution in [0.1, 0.15) is 5.56 Å².